The van der Waals surface area contributed by atoms with Crippen molar-refractivity contribution >= 4 is 27.3 Å². The topological polar surface area (TPSA) is 75.7 Å². The molecule has 1 amide bonds. The Bertz CT molecular complexity index is 857. The van der Waals surface area contributed by atoms with E-state index in [0.717, 1.165) is 21.7 Å². The molecule has 1 N–H and O–H groups in total. The molecule has 0 unspecified atom stereocenters. The van der Waals surface area contributed by atoms with Gasteiger partial charge in [0.15, 0.2) is 0 Å². The van der Waals surface area contributed by atoms with Crippen molar-refractivity contribution < 1.29 is 17.9 Å². The number of nitrogens with zero attached hydrogens (tertiary/aromatic N) is 1. The van der Waals surface area contributed by atoms with E-state index in [1.165, 1.54) is 0 Å². The number of ether oxygens (including phenoxy) is 1. The molecule has 0 saturated carbocycles. The van der Waals surface area contributed by atoms with Gasteiger partial charge in [0.25, 0.3) is 0 Å². The predicted molar refractivity (Wildman–Crippen MR) is 104 cm³/mol. The monoisotopic (exact) mass is 376 g/mol. The SMILES string of the molecule is CCOc1ccc(NC(=O)CN(c2c(C)cccc2C)S(C)(=O)=O)cc1. The summed E-state index contributed by atoms with van der Waals surface area (Å²) in [6.07, 6.45) is 1.10. The second-order valence-corrected chi connectivity index (χ2v) is 7.92. The molecule has 0 fully saturated rings. The Morgan fingerprint density at radius 3 is 2.15 bits per heavy atom. The number of rotatable bonds is 7. The average molecular weight is 376 g/mol. The Morgan fingerprint density at radius 2 is 1.65 bits per heavy atom. The van der Waals surface area contributed by atoms with Crippen LogP contribution in [0.2, 0.25) is 0 Å². The number of nitrogens with one attached hydrogen (secondary N) is 1. The minimum Gasteiger partial charge on any atom is -0.494 e. The first-order valence-electron chi connectivity index (χ1n) is 8.29. The van der Waals surface area contributed by atoms with Crippen molar-refractivity contribution in [2.75, 3.05) is 29.0 Å². The summed E-state index contributed by atoms with van der Waals surface area (Å²) in [5.41, 5.74) is 2.71. The van der Waals surface area contributed by atoms with Crippen LogP contribution in [0.5, 0.6) is 5.75 Å². The van der Waals surface area contributed by atoms with Gasteiger partial charge in [0.2, 0.25) is 15.9 Å². The van der Waals surface area contributed by atoms with Crippen LogP contribution in [0.4, 0.5) is 11.4 Å². The van der Waals surface area contributed by atoms with Crippen molar-refractivity contribution in [1.82, 2.24) is 0 Å². The number of benzene rings is 2. The van der Waals surface area contributed by atoms with Crippen molar-refractivity contribution in [3.63, 3.8) is 0 Å². The van der Waals surface area contributed by atoms with Crippen LogP contribution in [-0.2, 0) is 14.8 Å². The summed E-state index contributed by atoms with van der Waals surface area (Å²) in [4.78, 5) is 12.4. The van der Waals surface area contributed by atoms with Crippen LogP contribution in [0.25, 0.3) is 0 Å². The third-order valence-electron chi connectivity index (χ3n) is 3.83. The summed E-state index contributed by atoms with van der Waals surface area (Å²) < 4.78 is 31.0. The Kier molecular flexibility index (Phi) is 6.26. The first-order valence-corrected chi connectivity index (χ1v) is 10.1. The molecule has 0 bridgehead atoms. The van der Waals surface area contributed by atoms with Crippen molar-refractivity contribution in [2.45, 2.75) is 20.8 Å². The summed E-state index contributed by atoms with van der Waals surface area (Å²) in [6, 6.07) is 12.4. The largest absolute Gasteiger partial charge is 0.494 e. The maximum absolute atomic E-state index is 12.4. The third kappa shape index (κ3) is 4.98. The molecule has 140 valence electrons. The van der Waals surface area contributed by atoms with Gasteiger partial charge in [-0.3, -0.25) is 9.10 Å². The number of aryl methyl sites for hydroxylation is 2. The van der Waals surface area contributed by atoms with Gasteiger partial charge < -0.3 is 10.1 Å². The number of anilines is 2. The molecule has 0 spiro atoms. The highest BCUT2D eigenvalue weighted by atomic mass is 32.2. The Labute approximate surface area is 154 Å². The van der Waals surface area contributed by atoms with Gasteiger partial charge >= 0.3 is 0 Å². The first-order chi connectivity index (χ1) is 12.2. The smallest absolute Gasteiger partial charge is 0.245 e. The molecule has 0 saturated heterocycles. The van der Waals surface area contributed by atoms with Crippen LogP contribution in [0.15, 0.2) is 42.5 Å². The number of para-hydroxylation sites is 1. The molecule has 0 radical (unpaired) electrons. The van der Waals surface area contributed by atoms with Crippen LogP contribution in [0.1, 0.15) is 18.1 Å². The molecular weight excluding hydrogens is 352 g/mol. The van der Waals surface area contributed by atoms with Crippen LogP contribution in [0, 0.1) is 13.8 Å². The normalized spacial score (nSPS) is 11.1. The van der Waals surface area contributed by atoms with Gasteiger partial charge in [-0.15, -0.1) is 0 Å². The van der Waals surface area contributed by atoms with Crippen molar-refractivity contribution in [1.29, 1.82) is 0 Å². The van der Waals surface area contributed by atoms with E-state index in [4.69, 9.17) is 4.74 Å². The lowest BCUT2D eigenvalue weighted by atomic mass is 10.1. The third-order valence-corrected chi connectivity index (χ3v) is 4.94. The first kappa shape index (κ1) is 19.8. The van der Waals surface area contributed by atoms with E-state index in [-0.39, 0.29) is 6.54 Å². The van der Waals surface area contributed by atoms with Crippen molar-refractivity contribution in [3.8, 4) is 5.75 Å². The molecule has 2 aromatic carbocycles. The molecule has 0 aliphatic heterocycles. The molecule has 7 heteroatoms. The molecule has 2 rings (SSSR count). The number of hydrogen-bond donors (Lipinski definition) is 1. The second-order valence-electron chi connectivity index (χ2n) is 6.02. The second kappa shape index (κ2) is 8.23. The summed E-state index contributed by atoms with van der Waals surface area (Å²) in [7, 11) is -3.61. The predicted octanol–water partition coefficient (Wildman–Crippen LogP) is 3.11. The van der Waals surface area contributed by atoms with Crippen LogP contribution in [-0.4, -0.2) is 33.7 Å². The molecular formula is C19H24N2O4S. The highest BCUT2D eigenvalue weighted by molar-refractivity contribution is 7.92. The van der Waals surface area contributed by atoms with Gasteiger partial charge in [-0.2, -0.15) is 0 Å². The maximum atomic E-state index is 12.4. The zero-order chi connectivity index (χ0) is 19.3. The van der Waals surface area contributed by atoms with Crippen LogP contribution < -0.4 is 14.4 Å². The van der Waals surface area contributed by atoms with E-state index in [1.807, 2.05) is 39.0 Å². The van der Waals surface area contributed by atoms with E-state index in [9.17, 15) is 13.2 Å². The van der Waals surface area contributed by atoms with E-state index in [2.05, 4.69) is 5.32 Å². The number of hydrogen-bond acceptors (Lipinski definition) is 4. The van der Waals surface area contributed by atoms with Gasteiger partial charge in [0, 0.05) is 5.69 Å². The molecule has 0 aliphatic carbocycles. The van der Waals surface area contributed by atoms with E-state index in [0.29, 0.717) is 23.7 Å². The number of amides is 1. The molecule has 26 heavy (non-hydrogen) atoms. The van der Waals surface area contributed by atoms with Gasteiger partial charge in [-0.1, -0.05) is 18.2 Å². The zero-order valence-electron chi connectivity index (χ0n) is 15.4. The molecule has 0 aromatic heterocycles. The lowest BCUT2D eigenvalue weighted by molar-refractivity contribution is -0.114. The summed E-state index contributed by atoms with van der Waals surface area (Å²) in [5.74, 6) is 0.293. The lowest BCUT2D eigenvalue weighted by Crippen LogP contribution is -2.38. The van der Waals surface area contributed by atoms with Crippen LogP contribution >= 0.6 is 0 Å². The quantitative estimate of drug-likeness (QED) is 0.806. The molecule has 0 heterocycles. The van der Waals surface area contributed by atoms with Crippen LogP contribution in [0.3, 0.4) is 0 Å². The standard InChI is InChI=1S/C19H24N2O4S/c1-5-25-17-11-9-16(10-12-17)20-18(22)13-21(26(4,23)24)19-14(2)7-6-8-15(19)3/h6-12H,5,13H2,1-4H3,(H,20,22). The number of carbonyl (C=O) groups is 1. The average Bonchev–Trinajstić information content (AvgIpc) is 2.55. The maximum Gasteiger partial charge on any atom is 0.245 e. The number of sulfonamides is 1. The Hall–Kier alpha value is -2.54. The summed E-state index contributed by atoms with van der Waals surface area (Å²) >= 11 is 0. The fourth-order valence-corrected chi connectivity index (χ4v) is 3.66. The van der Waals surface area contributed by atoms with Gasteiger partial charge in [0.1, 0.15) is 12.3 Å². The molecule has 6 nitrogen and oxygen atoms in total. The van der Waals surface area contributed by atoms with Crippen molar-refractivity contribution in [3.05, 3.63) is 53.6 Å². The number of carbonyl (C=O) groups excluding carboxylic acids is 1. The van der Waals surface area contributed by atoms with Gasteiger partial charge in [-0.05, 0) is 56.2 Å². The molecule has 2 aromatic rings. The fraction of sp³-hybridized carbons (Fsp3) is 0.316. The van der Waals surface area contributed by atoms with E-state index in [1.54, 1.807) is 24.3 Å². The molecule has 0 aliphatic rings. The van der Waals surface area contributed by atoms with E-state index < -0.39 is 15.9 Å². The zero-order valence-corrected chi connectivity index (χ0v) is 16.3. The van der Waals surface area contributed by atoms with E-state index >= 15 is 0 Å². The minimum absolute atomic E-state index is 0.294. The minimum atomic E-state index is -3.61. The van der Waals surface area contributed by atoms with Gasteiger partial charge in [-0.25, -0.2) is 8.42 Å². The Balaban J connectivity index is 2.20. The summed E-state index contributed by atoms with van der Waals surface area (Å²) in [5, 5.41) is 2.72. The highest BCUT2D eigenvalue weighted by Crippen LogP contribution is 2.26. The summed E-state index contributed by atoms with van der Waals surface area (Å²) in [6.45, 7) is 5.81. The molecule has 0 atom stereocenters. The Morgan fingerprint density at radius 1 is 1.08 bits per heavy atom. The fourth-order valence-electron chi connectivity index (χ4n) is 2.69. The van der Waals surface area contributed by atoms with Crippen molar-refractivity contribution in [2.24, 2.45) is 0 Å². The highest BCUT2D eigenvalue weighted by Gasteiger charge is 2.23. The lowest BCUT2D eigenvalue weighted by Gasteiger charge is -2.25. The van der Waals surface area contributed by atoms with Gasteiger partial charge in [0.05, 0.1) is 18.6 Å².